The highest BCUT2D eigenvalue weighted by atomic mass is 127. The Bertz CT molecular complexity index is 623. The van der Waals surface area contributed by atoms with Crippen molar-refractivity contribution in [2.24, 2.45) is 0 Å². The van der Waals surface area contributed by atoms with Crippen LogP contribution in [0.2, 0.25) is 0 Å². The molecule has 22 heavy (non-hydrogen) atoms. The van der Waals surface area contributed by atoms with Gasteiger partial charge in [0.25, 0.3) is 11.1 Å². The van der Waals surface area contributed by atoms with Gasteiger partial charge in [-0.1, -0.05) is 6.92 Å². The first kappa shape index (κ1) is 18.1. The number of thioether (sulfide) groups is 1. The smallest absolute Gasteiger partial charge is 0.293 e. The molecule has 2 rings (SSSR count). The first-order valence-electron chi connectivity index (χ1n) is 6.85. The van der Waals surface area contributed by atoms with E-state index in [1.165, 1.54) is 4.90 Å². The molecular weight excluding hydrogens is 528 g/mol. The Balaban J connectivity index is 2.30. The van der Waals surface area contributed by atoms with Gasteiger partial charge in [0, 0.05) is 6.54 Å². The molecule has 1 saturated heterocycles. The van der Waals surface area contributed by atoms with Crippen LogP contribution in [0, 0.1) is 7.14 Å². The minimum atomic E-state index is -0.198. The summed E-state index contributed by atoms with van der Waals surface area (Å²) in [6.07, 6.45) is 2.55. The Labute approximate surface area is 161 Å². The Morgan fingerprint density at radius 2 is 1.86 bits per heavy atom. The molecule has 4 nitrogen and oxygen atoms in total. The van der Waals surface area contributed by atoms with Crippen LogP contribution in [-0.2, 0) is 4.79 Å². The summed E-state index contributed by atoms with van der Waals surface area (Å²) in [7, 11) is 0. The van der Waals surface area contributed by atoms with Crippen LogP contribution >= 0.6 is 56.9 Å². The van der Waals surface area contributed by atoms with Gasteiger partial charge in [0.05, 0.1) is 18.7 Å². The van der Waals surface area contributed by atoms with E-state index in [4.69, 9.17) is 4.74 Å². The summed E-state index contributed by atoms with van der Waals surface area (Å²) >= 11 is 5.45. The van der Waals surface area contributed by atoms with Crippen molar-refractivity contribution in [3.63, 3.8) is 0 Å². The molecule has 7 heteroatoms. The normalized spacial score (nSPS) is 16.7. The lowest BCUT2D eigenvalue weighted by molar-refractivity contribution is -0.122. The van der Waals surface area contributed by atoms with Gasteiger partial charge in [-0.15, -0.1) is 0 Å². The van der Waals surface area contributed by atoms with Crippen molar-refractivity contribution in [1.29, 1.82) is 0 Å². The summed E-state index contributed by atoms with van der Waals surface area (Å²) in [5.41, 5.74) is 0.902. The fourth-order valence-corrected chi connectivity index (χ4v) is 5.01. The van der Waals surface area contributed by atoms with E-state index in [1.54, 1.807) is 6.08 Å². The summed E-state index contributed by atoms with van der Waals surface area (Å²) in [6.45, 7) is 4.98. The molecule has 0 aliphatic carbocycles. The van der Waals surface area contributed by atoms with Gasteiger partial charge >= 0.3 is 0 Å². The quantitative estimate of drug-likeness (QED) is 0.398. The van der Waals surface area contributed by atoms with Crippen LogP contribution in [0.15, 0.2) is 17.0 Å². The van der Waals surface area contributed by atoms with Crippen molar-refractivity contribution in [3.05, 3.63) is 29.7 Å². The third-order valence-electron chi connectivity index (χ3n) is 2.93. The van der Waals surface area contributed by atoms with Crippen molar-refractivity contribution in [3.8, 4) is 5.75 Å². The molecule has 1 aliphatic heterocycles. The van der Waals surface area contributed by atoms with Gasteiger partial charge in [-0.2, -0.15) is 0 Å². The number of nitrogens with zero attached hydrogens (tertiary/aromatic N) is 1. The third-order valence-corrected chi connectivity index (χ3v) is 5.44. The minimum absolute atomic E-state index is 0.187. The Kier molecular flexibility index (Phi) is 6.57. The molecule has 0 atom stereocenters. The Hall–Kier alpha value is -0.290. The molecular formula is C15H15I2NO3S. The molecule has 2 amide bonds. The van der Waals surface area contributed by atoms with Crippen LogP contribution in [-0.4, -0.2) is 29.2 Å². The Morgan fingerprint density at radius 3 is 2.41 bits per heavy atom. The molecule has 1 aliphatic rings. The summed E-state index contributed by atoms with van der Waals surface area (Å²) < 4.78 is 7.59. The fraction of sp³-hybridized carbons (Fsp3) is 0.333. The van der Waals surface area contributed by atoms with E-state index in [0.29, 0.717) is 18.1 Å². The zero-order valence-corrected chi connectivity index (χ0v) is 17.3. The molecule has 0 bridgehead atoms. The molecule has 118 valence electrons. The number of hydrogen-bond acceptors (Lipinski definition) is 4. The standard InChI is InChI=1S/C15H15I2NO3S/c1-3-5-18-14(19)12(22-15(18)20)8-9-6-10(16)13(21-4-2)11(17)7-9/h6-8H,3-5H2,1-2H3/b12-8+. The number of imide groups is 1. The maximum Gasteiger partial charge on any atom is 0.293 e. The fourth-order valence-electron chi connectivity index (χ4n) is 2.01. The maximum absolute atomic E-state index is 12.2. The summed E-state index contributed by atoms with van der Waals surface area (Å²) in [6, 6.07) is 3.92. The second-order valence-electron chi connectivity index (χ2n) is 4.58. The van der Waals surface area contributed by atoms with E-state index in [1.807, 2.05) is 26.0 Å². The molecule has 1 aromatic rings. The highest BCUT2D eigenvalue weighted by molar-refractivity contribution is 14.1. The minimum Gasteiger partial charge on any atom is -0.492 e. The summed E-state index contributed by atoms with van der Waals surface area (Å²) in [4.78, 5) is 25.9. The van der Waals surface area contributed by atoms with Gasteiger partial charge in [-0.05, 0) is 94.1 Å². The summed E-state index contributed by atoms with van der Waals surface area (Å²) in [5, 5.41) is -0.187. The van der Waals surface area contributed by atoms with Gasteiger partial charge in [0.1, 0.15) is 5.75 Å². The molecule has 0 spiro atoms. The Morgan fingerprint density at radius 1 is 1.23 bits per heavy atom. The predicted molar refractivity (Wildman–Crippen MR) is 106 cm³/mol. The second kappa shape index (κ2) is 8.00. The average Bonchev–Trinajstić information content (AvgIpc) is 2.71. The number of ether oxygens (including phenoxy) is 1. The highest BCUT2D eigenvalue weighted by Gasteiger charge is 2.34. The number of carbonyl (C=O) groups excluding carboxylic acids is 2. The molecule has 1 heterocycles. The van der Waals surface area contributed by atoms with Crippen molar-refractivity contribution < 1.29 is 14.3 Å². The van der Waals surface area contributed by atoms with Gasteiger partial charge in [0.15, 0.2) is 0 Å². The molecule has 0 unspecified atom stereocenters. The van der Waals surface area contributed by atoms with E-state index >= 15 is 0 Å². The van der Waals surface area contributed by atoms with Gasteiger partial charge in [-0.3, -0.25) is 14.5 Å². The zero-order valence-electron chi connectivity index (χ0n) is 12.2. The van der Waals surface area contributed by atoms with E-state index in [2.05, 4.69) is 45.2 Å². The molecule has 1 fully saturated rings. The van der Waals surface area contributed by atoms with E-state index in [0.717, 1.165) is 36.6 Å². The zero-order chi connectivity index (χ0) is 16.3. The number of amides is 2. The summed E-state index contributed by atoms with van der Waals surface area (Å²) in [5.74, 6) is 0.663. The monoisotopic (exact) mass is 543 g/mol. The molecule has 0 saturated carbocycles. The first-order chi connectivity index (χ1) is 10.5. The average molecular weight is 543 g/mol. The van der Waals surface area contributed by atoms with Crippen molar-refractivity contribution >= 4 is 74.2 Å². The first-order valence-corrected chi connectivity index (χ1v) is 9.82. The van der Waals surface area contributed by atoms with Crippen LogP contribution in [0.4, 0.5) is 4.79 Å². The SMILES string of the molecule is CCCN1C(=O)S/C(=C/c2cc(I)c(OCC)c(I)c2)C1=O. The molecule has 0 N–H and O–H groups in total. The lowest BCUT2D eigenvalue weighted by Gasteiger charge is -2.10. The van der Waals surface area contributed by atoms with Crippen LogP contribution in [0.1, 0.15) is 25.8 Å². The number of hydrogen-bond donors (Lipinski definition) is 0. The lowest BCUT2D eigenvalue weighted by Crippen LogP contribution is -2.28. The third kappa shape index (κ3) is 3.97. The van der Waals surface area contributed by atoms with Crippen molar-refractivity contribution in [1.82, 2.24) is 4.90 Å². The van der Waals surface area contributed by atoms with Gasteiger partial charge in [-0.25, -0.2) is 0 Å². The van der Waals surface area contributed by atoms with Crippen LogP contribution in [0.5, 0.6) is 5.75 Å². The van der Waals surface area contributed by atoms with E-state index in [9.17, 15) is 9.59 Å². The topological polar surface area (TPSA) is 46.6 Å². The number of carbonyl (C=O) groups is 2. The van der Waals surface area contributed by atoms with Gasteiger partial charge in [0.2, 0.25) is 0 Å². The predicted octanol–water partition coefficient (Wildman–Crippen LogP) is 4.74. The van der Waals surface area contributed by atoms with E-state index in [-0.39, 0.29) is 11.1 Å². The van der Waals surface area contributed by atoms with Crippen LogP contribution in [0.3, 0.4) is 0 Å². The molecule has 0 aromatic heterocycles. The molecule has 0 radical (unpaired) electrons. The van der Waals surface area contributed by atoms with Crippen LogP contribution in [0.25, 0.3) is 6.08 Å². The van der Waals surface area contributed by atoms with E-state index < -0.39 is 0 Å². The van der Waals surface area contributed by atoms with Crippen molar-refractivity contribution in [2.75, 3.05) is 13.2 Å². The number of rotatable bonds is 5. The van der Waals surface area contributed by atoms with Crippen LogP contribution < -0.4 is 4.74 Å². The largest absolute Gasteiger partial charge is 0.492 e. The highest BCUT2D eigenvalue weighted by Crippen LogP contribution is 2.34. The molecule has 1 aromatic carbocycles. The van der Waals surface area contributed by atoms with Gasteiger partial charge < -0.3 is 4.74 Å². The number of benzene rings is 1. The maximum atomic E-state index is 12.2. The number of halogens is 2. The second-order valence-corrected chi connectivity index (χ2v) is 7.90. The lowest BCUT2D eigenvalue weighted by atomic mass is 10.2. The van der Waals surface area contributed by atoms with Crippen molar-refractivity contribution in [2.45, 2.75) is 20.3 Å².